The Balaban J connectivity index is 0.000000860. The summed E-state index contributed by atoms with van der Waals surface area (Å²) in [5.74, 6) is 0.342. The number of thioether (sulfide) groups is 1. The van der Waals surface area contributed by atoms with E-state index in [0.29, 0.717) is 38.0 Å². The number of morpholine rings is 1. The van der Waals surface area contributed by atoms with Crippen molar-refractivity contribution in [3.63, 3.8) is 0 Å². The van der Waals surface area contributed by atoms with Crippen LogP contribution in [0.15, 0.2) is 22.1 Å². The predicted molar refractivity (Wildman–Crippen MR) is 136 cm³/mol. The van der Waals surface area contributed by atoms with Crippen LogP contribution in [-0.2, 0) is 28.9 Å². The minimum atomic E-state index is 0.00808. The summed E-state index contributed by atoms with van der Waals surface area (Å²) in [6.45, 7) is 16.7. The van der Waals surface area contributed by atoms with E-state index in [0.717, 1.165) is 35.1 Å². The predicted octanol–water partition coefficient (Wildman–Crippen LogP) is 4.92. The Morgan fingerprint density at radius 2 is 1.81 bits per heavy atom. The Hall–Kier alpha value is -1.64. The molecule has 0 saturated carbocycles. The van der Waals surface area contributed by atoms with E-state index < -0.39 is 0 Å². The van der Waals surface area contributed by atoms with E-state index in [1.54, 1.807) is 15.9 Å². The van der Waals surface area contributed by atoms with Gasteiger partial charge in [0, 0.05) is 24.5 Å². The van der Waals surface area contributed by atoms with E-state index >= 15 is 0 Å². The van der Waals surface area contributed by atoms with Crippen LogP contribution < -0.4 is 5.56 Å². The summed E-state index contributed by atoms with van der Waals surface area (Å²) in [6, 6.07) is 0. The number of thiophene rings is 1. The average Bonchev–Trinajstić information content (AvgIpc) is 3.21. The second-order valence-corrected chi connectivity index (χ2v) is 9.44. The van der Waals surface area contributed by atoms with Crippen molar-refractivity contribution in [1.82, 2.24) is 14.5 Å². The number of fused-ring (bicyclic) bond motifs is 3. The van der Waals surface area contributed by atoms with Crippen LogP contribution >= 0.6 is 23.1 Å². The largest absolute Gasteiger partial charge is 0.378 e. The van der Waals surface area contributed by atoms with Crippen LogP contribution in [0.4, 0.5) is 0 Å². The zero-order valence-electron chi connectivity index (χ0n) is 20.2. The van der Waals surface area contributed by atoms with Crippen LogP contribution in [0.2, 0.25) is 0 Å². The summed E-state index contributed by atoms with van der Waals surface area (Å²) in [4.78, 5) is 34.6. The maximum atomic E-state index is 13.3. The van der Waals surface area contributed by atoms with Crippen LogP contribution in [-0.4, -0.2) is 52.4 Å². The summed E-state index contributed by atoms with van der Waals surface area (Å²) in [7, 11) is 0. The number of rotatable bonds is 5. The second kappa shape index (κ2) is 13.2. The zero-order chi connectivity index (χ0) is 23.7. The van der Waals surface area contributed by atoms with Gasteiger partial charge in [0.15, 0.2) is 5.16 Å². The van der Waals surface area contributed by atoms with Gasteiger partial charge in [0.2, 0.25) is 5.91 Å². The lowest BCUT2D eigenvalue weighted by molar-refractivity contribution is -0.132. The number of carbonyl (C=O) groups excluding carboxylic acids is 1. The quantitative estimate of drug-likeness (QED) is 0.346. The number of aryl methyl sites for hydroxylation is 2. The molecule has 0 atom stereocenters. The van der Waals surface area contributed by atoms with Crippen molar-refractivity contribution in [2.75, 3.05) is 32.1 Å². The van der Waals surface area contributed by atoms with Gasteiger partial charge in [-0.3, -0.25) is 14.2 Å². The molecule has 1 aliphatic carbocycles. The zero-order valence-corrected chi connectivity index (χ0v) is 21.8. The first-order valence-electron chi connectivity index (χ1n) is 11.7. The molecule has 6 nitrogen and oxygen atoms in total. The molecule has 1 fully saturated rings. The highest BCUT2D eigenvalue weighted by Gasteiger charge is 2.23. The Bertz CT molecular complexity index is 975. The van der Waals surface area contributed by atoms with Crippen molar-refractivity contribution in [1.29, 1.82) is 0 Å². The summed E-state index contributed by atoms with van der Waals surface area (Å²) in [6.07, 6.45) is 4.30. The molecule has 0 aromatic carbocycles. The van der Waals surface area contributed by atoms with Crippen molar-refractivity contribution in [3.05, 3.63) is 32.9 Å². The van der Waals surface area contributed by atoms with E-state index in [1.807, 2.05) is 39.5 Å². The summed E-state index contributed by atoms with van der Waals surface area (Å²) in [5.41, 5.74) is 2.10. The molecule has 32 heavy (non-hydrogen) atoms. The molecule has 2 aliphatic rings. The van der Waals surface area contributed by atoms with Gasteiger partial charge >= 0.3 is 0 Å². The molecule has 0 unspecified atom stereocenters. The van der Waals surface area contributed by atoms with Crippen LogP contribution in [0.3, 0.4) is 0 Å². The molecule has 2 aromatic rings. The van der Waals surface area contributed by atoms with Gasteiger partial charge in [0.05, 0.1) is 24.4 Å². The fourth-order valence-electron chi connectivity index (χ4n) is 3.77. The Labute approximate surface area is 200 Å². The second-order valence-electron chi connectivity index (χ2n) is 7.42. The lowest BCUT2D eigenvalue weighted by Crippen LogP contribution is -2.41. The lowest BCUT2D eigenvalue weighted by Gasteiger charge is -2.26. The fraction of sp³-hybridized carbons (Fsp3) is 0.625. The van der Waals surface area contributed by atoms with Gasteiger partial charge in [-0.25, -0.2) is 4.98 Å². The maximum Gasteiger partial charge on any atom is 0.263 e. The van der Waals surface area contributed by atoms with E-state index in [-0.39, 0.29) is 17.2 Å². The maximum absolute atomic E-state index is 13.3. The summed E-state index contributed by atoms with van der Waals surface area (Å²) < 4.78 is 7.01. The standard InChI is InChI=1S/C20H25N3O3S2.2C2H6/c1-13(2)11-23-19(25)17-14-5-3-4-6-15(14)28-18(17)21-20(23)27-12-16(24)22-7-9-26-10-8-22;2*1-2/h1,3-12H2,2H3;2*1-2H3. The Kier molecular flexibility index (Phi) is 10.9. The molecule has 1 amide bonds. The van der Waals surface area contributed by atoms with Crippen molar-refractivity contribution < 1.29 is 9.53 Å². The molecule has 1 saturated heterocycles. The monoisotopic (exact) mass is 479 g/mol. The number of carbonyl (C=O) groups is 1. The van der Waals surface area contributed by atoms with Crippen molar-refractivity contribution in [3.8, 4) is 0 Å². The third-order valence-electron chi connectivity index (χ3n) is 5.16. The van der Waals surface area contributed by atoms with Gasteiger partial charge in [0.1, 0.15) is 4.83 Å². The molecule has 4 rings (SSSR count). The van der Waals surface area contributed by atoms with Crippen molar-refractivity contribution in [2.24, 2.45) is 0 Å². The number of aromatic nitrogens is 2. The number of nitrogens with zero attached hydrogens (tertiary/aromatic N) is 3. The van der Waals surface area contributed by atoms with Gasteiger partial charge in [-0.05, 0) is 38.2 Å². The van der Waals surface area contributed by atoms with E-state index in [4.69, 9.17) is 9.72 Å². The topological polar surface area (TPSA) is 64.4 Å². The number of hydrogen-bond acceptors (Lipinski definition) is 6. The molecule has 3 heterocycles. The number of allylic oxidation sites excluding steroid dienone is 1. The third kappa shape index (κ3) is 6.23. The highest BCUT2D eigenvalue weighted by molar-refractivity contribution is 7.99. The molecule has 0 bridgehead atoms. The molecule has 0 radical (unpaired) electrons. The van der Waals surface area contributed by atoms with Crippen molar-refractivity contribution >= 4 is 39.2 Å². The normalized spacial score (nSPS) is 15.2. The smallest absolute Gasteiger partial charge is 0.263 e. The summed E-state index contributed by atoms with van der Waals surface area (Å²) in [5, 5.41) is 1.39. The molecular formula is C24H37N3O3S2. The lowest BCUT2D eigenvalue weighted by atomic mass is 9.97. The molecule has 0 N–H and O–H groups in total. The van der Waals surface area contributed by atoms with Crippen LogP contribution in [0.25, 0.3) is 10.2 Å². The molecule has 178 valence electrons. The van der Waals surface area contributed by atoms with Gasteiger partial charge < -0.3 is 9.64 Å². The average molecular weight is 480 g/mol. The Morgan fingerprint density at radius 1 is 1.16 bits per heavy atom. The third-order valence-corrected chi connectivity index (χ3v) is 7.30. The first kappa shape index (κ1) is 26.6. The number of ether oxygens (including phenoxy) is 1. The Morgan fingerprint density at radius 3 is 2.47 bits per heavy atom. The van der Waals surface area contributed by atoms with Crippen LogP contribution in [0.5, 0.6) is 0 Å². The number of hydrogen-bond donors (Lipinski definition) is 0. The van der Waals surface area contributed by atoms with Gasteiger partial charge in [0.25, 0.3) is 5.56 Å². The van der Waals surface area contributed by atoms with E-state index in [2.05, 4.69) is 6.58 Å². The van der Waals surface area contributed by atoms with E-state index in [9.17, 15) is 9.59 Å². The van der Waals surface area contributed by atoms with Crippen LogP contribution in [0.1, 0.15) is 57.9 Å². The molecule has 8 heteroatoms. The highest BCUT2D eigenvalue weighted by Crippen LogP contribution is 2.34. The van der Waals surface area contributed by atoms with Gasteiger partial charge in [-0.2, -0.15) is 0 Å². The van der Waals surface area contributed by atoms with Gasteiger partial charge in [-0.1, -0.05) is 51.6 Å². The number of amides is 1. The SMILES string of the molecule is C=C(C)Cn1c(SCC(=O)N2CCOCC2)nc2sc3c(c2c1=O)CCCC3.CC.CC. The van der Waals surface area contributed by atoms with Gasteiger partial charge in [-0.15, -0.1) is 11.3 Å². The minimum absolute atomic E-state index is 0.00808. The first-order chi connectivity index (χ1) is 15.5. The first-order valence-corrected chi connectivity index (χ1v) is 13.5. The molecule has 0 spiro atoms. The van der Waals surface area contributed by atoms with Crippen molar-refractivity contribution in [2.45, 2.75) is 72.0 Å². The highest BCUT2D eigenvalue weighted by atomic mass is 32.2. The fourth-order valence-corrected chi connectivity index (χ4v) is 5.97. The van der Waals surface area contributed by atoms with E-state index in [1.165, 1.54) is 28.6 Å². The molecule has 2 aromatic heterocycles. The molecule has 1 aliphatic heterocycles. The minimum Gasteiger partial charge on any atom is -0.378 e. The molecular weight excluding hydrogens is 442 g/mol. The summed E-state index contributed by atoms with van der Waals surface area (Å²) >= 11 is 3.00. The van der Waals surface area contributed by atoms with Crippen LogP contribution in [0, 0.1) is 0 Å².